The standard InChI is InChI=1S/C29H39NO6/c1-30(2)20-5-3-19(4-6-20)22-17-28-23(9-12-29(28,32)36-16-15-35-28)21-7-10-26(31)18-27(33-13-14-34-27)11-8-24(26)25(21)22/h3-6,21-23,31-32H,7-18H2,1-2H3/t21?,22?,23?,26-,28?,29+/m1/s1. The third-order valence-corrected chi connectivity index (χ3v) is 10.3. The molecule has 36 heavy (non-hydrogen) atoms. The number of fused-ring (bicyclic) bond motifs is 3. The van der Waals surface area contributed by atoms with Crippen molar-refractivity contribution >= 4 is 5.69 Å². The van der Waals surface area contributed by atoms with Crippen molar-refractivity contribution < 1.29 is 29.2 Å². The Morgan fingerprint density at radius 3 is 2.33 bits per heavy atom. The van der Waals surface area contributed by atoms with Crippen LogP contribution in [0.1, 0.15) is 62.8 Å². The smallest absolute Gasteiger partial charge is 0.195 e. The van der Waals surface area contributed by atoms with Crippen LogP contribution in [0.3, 0.4) is 0 Å². The number of rotatable bonds is 2. The van der Waals surface area contributed by atoms with Gasteiger partial charge in [0, 0.05) is 50.9 Å². The summed E-state index contributed by atoms with van der Waals surface area (Å²) >= 11 is 0. The lowest BCUT2D eigenvalue weighted by Crippen LogP contribution is -2.65. The van der Waals surface area contributed by atoms with Crippen LogP contribution in [0.5, 0.6) is 0 Å². The van der Waals surface area contributed by atoms with Gasteiger partial charge in [0.05, 0.1) is 32.0 Å². The molecule has 4 unspecified atom stereocenters. The second-order valence-corrected chi connectivity index (χ2v) is 12.2. The molecule has 196 valence electrons. The van der Waals surface area contributed by atoms with E-state index in [0.29, 0.717) is 52.1 Å². The Labute approximate surface area is 213 Å². The highest BCUT2D eigenvalue weighted by atomic mass is 16.7. The Morgan fingerprint density at radius 1 is 0.861 bits per heavy atom. The molecule has 0 bridgehead atoms. The van der Waals surface area contributed by atoms with Gasteiger partial charge in [0.2, 0.25) is 0 Å². The number of anilines is 1. The molecule has 3 saturated carbocycles. The van der Waals surface area contributed by atoms with E-state index in [4.69, 9.17) is 18.9 Å². The van der Waals surface area contributed by atoms with E-state index in [1.54, 1.807) is 0 Å². The van der Waals surface area contributed by atoms with Crippen molar-refractivity contribution in [3.63, 3.8) is 0 Å². The van der Waals surface area contributed by atoms with E-state index in [1.165, 1.54) is 16.7 Å². The minimum Gasteiger partial charge on any atom is -0.385 e. The molecular weight excluding hydrogens is 458 g/mol. The van der Waals surface area contributed by atoms with Crippen LogP contribution in [0.25, 0.3) is 0 Å². The van der Waals surface area contributed by atoms with Gasteiger partial charge in [-0.25, -0.2) is 0 Å². The Hall–Kier alpha value is -1.48. The van der Waals surface area contributed by atoms with Crippen molar-refractivity contribution in [3.05, 3.63) is 41.0 Å². The van der Waals surface area contributed by atoms with Gasteiger partial charge < -0.3 is 34.1 Å². The fourth-order valence-electron chi connectivity index (χ4n) is 8.79. The first-order valence-corrected chi connectivity index (χ1v) is 13.8. The minimum absolute atomic E-state index is 0.0649. The molecule has 6 aliphatic rings. The summed E-state index contributed by atoms with van der Waals surface area (Å²) in [5.74, 6) is -1.35. The summed E-state index contributed by atoms with van der Waals surface area (Å²) in [4.78, 5) is 2.11. The second-order valence-electron chi connectivity index (χ2n) is 12.2. The topological polar surface area (TPSA) is 80.6 Å². The monoisotopic (exact) mass is 497 g/mol. The van der Waals surface area contributed by atoms with Crippen molar-refractivity contribution in [2.45, 2.75) is 80.1 Å². The van der Waals surface area contributed by atoms with Crippen LogP contribution in [-0.4, -0.2) is 73.5 Å². The summed E-state index contributed by atoms with van der Waals surface area (Å²) in [5.41, 5.74) is 3.37. The molecule has 0 aromatic heterocycles. The molecule has 5 fully saturated rings. The van der Waals surface area contributed by atoms with Crippen molar-refractivity contribution in [1.29, 1.82) is 0 Å². The molecule has 0 radical (unpaired) electrons. The number of aliphatic hydroxyl groups is 2. The molecular formula is C29H39NO6. The highest BCUT2D eigenvalue weighted by Crippen LogP contribution is 2.66. The van der Waals surface area contributed by atoms with Gasteiger partial charge >= 0.3 is 0 Å². The molecule has 7 rings (SSSR count). The van der Waals surface area contributed by atoms with Crippen LogP contribution in [0.15, 0.2) is 35.4 Å². The van der Waals surface area contributed by atoms with Gasteiger partial charge in [0.1, 0.15) is 5.60 Å². The summed E-state index contributed by atoms with van der Waals surface area (Å²) in [6, 6.07) is 8.79. The third kappa shape index (κ3) is 3.20. The van der Waals surface area contributed by atoms with E-state index < -0.39 is 22.8 Å². The average molecular weight is 498 g/mol. The fourth-order valence-corrected chi connectivity index (χ4v) is 8.79. The van der Waals surface area contributed by atoms with Crippen LogP contribution >= 0.6 is 0 Å². The lowest BCUT2D eigenvalue weighted by Gasteiger charge is -2.58. The zero-order chi connectivity index (χ0) is 24.8. The predicted molar refractivity (Wildman–Crippen MR) is 134 cm³/mol. The number of hydrogen-bond donors (Lipinski definition) is 2. The van der Waals surface area contributed by atoms with Crippen LogP contribution in [0.2, 0.25) is 0 Å². The quantitative estimate of drug-likeness (QED) is 0.606. The van der Waals surface area contributed by atoms with E-state index in [1.807, 2.05) is 0 Å². The van der Waals surface area contributed by atoms with Crippen LogP contribution < -0.4 is 4.90 Å². The number of ether oxygens (including phenoxy) is 4. The zero-order valence-corrected chi connectivity index (χ0v) is 21.5. The van der Waals surface area contributed by atoms with Gasteiger partial charge in [-0.3, -0.25) is 0 Å². The van der Waals surface area contributed by atoms with Gasteiger partial charge in [0.15, 0.2) is 11.6 Å². The Balaban J connectivity index is 1.36. The Kier molecular flexibility index (Phi) is 5.26. The lowest BCUT2D eigenvalue weighted by atomic mass is 9.53. The molecule has 2 heterocycles. The van der Waals surface area contributed by atoms with Crippen molar-refractivity contribution in [2.75, 3.05) is 45.4 Å². The molecule has 2 saturated heterocycles. The first kappa shape index (κ1) is 23.6. The highest BCUT2D eigenvalue weighted by molar-refractivity contribution is 5.50. The molecule has 7 nitrogen and oxygen atoms in total. The van der Waals surface area contributed by atoms with E-state index in [0.717, 1.165) is 31.4 Å². The third-order valence-electron chi connectivity index (χ3n) is 10.3. The molecule has 2 N–H and O–H groups in total. The van der Waals surface area contributed by atoms with Gasteiger partial charge in [-0.2, -0.15) is 0 Å². The Bertz CT molecular complexity index is 1060. The number of nitrogens with zero attached hydrogens (tertiary/aromatic N) is 1. The number of allylic oxidation sites excluding steroid dienone is 1. The zero-order valence-electron chi connectivity index (χ0n) is 21.5. The first-order valence-electron chi connectivity index (χ1n) is 13.8. The highest BCUT2D eigenvalue weighted by Gasteiger charge is 2.69. The van der Waals surface area contributed by atoms with Crippen molar-refractivity contribution in [2.24, 2.45) is 11.8 Å². The molecule has 0 amide bonds. The molecule has 2 aliphatic heterocycles. The maximum absolute atomic E-state index is 12.1. The first-order chi connectivity index (χ1) is 17.3. The van der Waals surface area contributed by atoms with E-state index >= 15 is 0 Å². The summed E-state index contributed by atoms with van der Waals surface area (Å²) in [7, 11) is 4.11. The summed E-state index contributed by atoms with van der Waals surface area (Å²) < 4.78 is 24.8. The van der Waals surface area contributed by atoms with Gasteiger partial charge in [-0.05, 0) is 61.3 Å². The molecule has 4 aliphatic carbocycles. The van der Waals surface area contributed by atoms with Crippen molar-refractivity contribution in [1.82, 2.24) is 0 Å². The molecule has 1 aromatic rings. The van der Waals surface area contributed by atoms with E-state index in [2.05, 4.69) is 43.3 Å². The minimum atomic E-state index is -1.23. The predicted octanol–water partition coefficient (Wildman–Crippen LogP) is 3.49. The van der Waals surface area contributed by atoms with Crippen molar-refractivity contribution in [3.8, 4) is 0 Å². The molecule has 6 atom stereocenters. The maximum atomic E-state index is 12.1. The molecule has 1 aromatic carbocycles. The maximum Gasteiger partial charge on any atom is 0.195 e. The van der Waals surface area contributed by atoms with Crippen LogP contribution in [0, 0.1) is 11.8 Å². The van der Waals surface area contributed by atoms with Gasteiger partial charge in [-0.15, -0.1) is 0 Å². The number of benzene rings is 1. The molecule has 2 spiro atoms. The van der Waals surface area contributed by atoms with E-state index in [-0.39, 0.29) is 17.8 Å². The fraction of sp³-hybridized carbons (Fsp3) is 0.724. The average Bonchev–Trinajstić information content (AvgIpc) is 3.44. The van der Waals surface area contributed by atoms with E-state index in [9.17, 15) is 10.2 Å². The van der Waals surface area contributed by atoms with Crippen LogP contribution in [-0.2, 0) is 18.9 Å². The SMILES string of the molecule is CN(C)c1ccc(C2CC34OCCO[C@@]3(O)CCC4C3CC[C@@]4(O)CC5(CCC4=C23)OCCO5)cc1. The van der Waals surface area contributed by atoms with Crippen LogP contribution in [0.4, 0.5) is 5.69 Å². The summed E-state index contributed by atoms with van der Waals surface area (Å²) in [5, 5.41) is 23.9. The number of hydrogen-bond acceptors (Lipinski definition) is 7. The normalized spacial score (nSPS) is 43.1. The van der Waals surface area contributed by atoms with Gasteiger partial charge in [-0.1, -0.05) is 17.7 Å². The van der Waals surface area contributed by atoms with Gasteiger partial charge in [0.25, 0.3) is 0 Å². The molecule has 7 heteroatoms. The second kappa shape index (κ2) is 8.01. The summed E-state index contributed by atoms with van der Waals surface area (Å²) in [6.07, 6.45) is 5.84. The largest absolute Gasteiger partial charge is 0.385 e. The Morgan fingerprint density at radius 2 is 1.58 bits per heavy atom. The summed E-state index contributed by atoms with van der Waals surface area (Å²) in [6.45, 7) is 2.16. The lowest BCUT2D eigenvalue weighted by molar-refractivity contribution is -0.352.